The molecule has 0 aliphatic heterocycles. The van der Waals surface area contributed by atoms with Crippen LogP contribution in [0, 0.1) is 17.8 Å². The molecule has 1 N–H and O–H groups in total. The number of rotatable bonds is 0. The van der Waals surface area contributed by atoms with Gasteiger partial charge in [-0.1, -0.05) is 19.3 Å². The van der Waals surface area contributed by atoms with E-state index in [0.717, 1.165) is 19.3 Å². The molecule has 3 saturated carbocycles. The van der Waals surface area contributed by atoms with E-state index < -0.39 is 5.60 Å². The Morgan fingerprint density at radius 2 is 2.00 bits per heavy atom. The predicted octanol–water partition coefficient (Wildman–Crippen LogP) is 1.91. The number of carbonyl (C=O) groups excluding carboxylic acids is 1. The van der Waals surface area contributed by atoms with Crippen LogP contribution in [0.1, 0.15) is 44.9 Å². The van der Waals surface area contributed by atoms with Gasteiger partial charge in [0.25, 0.3) is 0 Å². The first kappa shape index (κ1) is 8.90. The van der Waals surface area contributed by atoms with Gasteiger partial charge in [0.1, 0.15) is 5.60 Å². The average molecular weight is 194 g/mol. The van der Waals surface area contributed by atoms with E-state index in [0.29, 0.717) is 24.2 Å². The number of Topliss-reactive ketones (excluding diaryl/α,β-unsaturated/α-hetero) is 1. The van der Waals surface area contributed by atoms with Crippen LogP contribution >= 0.6 is 0 Å². The van der Waals surface area contributed by atoms with E-state index in [1.807, 2.05) is 0 Å². The van der Waals surface area contributed by atoms with Gasteiger partial charge in [-0.3, -0.25) is 4.79 Å². The molecule has 0 amide bonds. The number of hydrogen-bond acceptors (Lipinski definition) is 2. The van der Waals surface area contributed by atoms with Gasteiger partial charge in [-0.25, -0.2) is 0 Å². The van der Waals surface area contributed by atoms with Crippen molar-refractivity contribution in [3.05, 3.63) is 0 Å². The third-order valence-corrected chi connectivity index (χ3v) is 4.85. The molecule has 0 aromatic rings. The maximum atomic E-state index is 11.8. The van der Waals surface area contributed by atoms with Gasteiger partial charge in [0, 0.05) is 6.42 Å². The molecule has 0 aromatic carbocycles. The second-order valence-corrected chi connectivity index (χ2v) is 5.37. The van der Waals surface area contributed by atoms with Crippen LogP contribution in [0.4, 0.5) is 0 Å². The van der Waals surface area contributed by atoms with Gasteiger partial charge in [-0.2, -0.15) is 0 Å². The molecular formula is C12H18O2. The molecule has 0 aromatic heterocycles. The van der Waals surface area contributed by atoms with E-state index >= 15 is 0 Å². The Kier molecular flexibility index (Phi) is 1.79. The Bertz CT molecular complexity index is 273. The summed E-state index contributed by atoms with van der Waals surface area (Å²) in [7, 11) is 0. The normalized spacial score (nSPS) is 51.8. The first-order valence-electron chi connectivity index (χ1n) is 5.98. The fourth-order valence-corrected chi connectivity index (χ4v) is 4.19. The van der Waals surface area contributed by atoms with E-state index in [4.69, 9.17) is 0 Å². The Morgan fingerprint density at radius 3 is 2.86 bits per heavy atom. The molecule has 2 nitrogen and oxygen atoms in total. The third-order valence-electron chi connectivity index (χ3n) is 4.85. The van der Waals surface area contributed by atoms with E-state index in [1.54, 1.807) is 0 Å². The summed E-state index contributed by atoms with van der Waals surface area (Å²) in [6, 6.07) is 0. The summed E-state index contributed by atoms with van der Waals surface area (Å²) < 4.78 is 0. The molecule has 0 radical (unpaired) electrons. The smallest absolute Gasteiger partial charge is 0.164 e. The zero-order valence-electron chi connectivity index (χ0n) is 8.54. The molecule has 14 heavy (non-hydrogen) atoms. The summed E-state index contributed by atoms with van der Waals surface area (Å²) in [6.45, 7) is 0. The summed E-state index contributed by atoms with van der Waals surface area (Å²) in [5.74, 6) is 1.43. The maximum Gasteiger partial charge on any atom is 0.164 e. The van der Waals surface area contributed by atoms with Crippen molar-refractivity contribution in [3.63, 3.8) is 0 Å². The lowest BCUT2D eigenvalue weighted by Gasteiger charge is -2.33. The van der Waals surface area contributed by atoms with Crippen molar-refractivity contribution in [2.24, 2.45) is 17.8 Å². The van der Waals surface area contributed by atoms with Crippen molar-refractivity contribution in [3.8, 4) is 0 Å². The Balaban J connectivity index is 1.95. The highest BCUT2D eigenvalue weighted by Gasteiger charge is 2.60. The fraction of sp³-hybridized carbons (Fsp3) is 0.917. The van der Waals surface area contributed by atoms with E-state index in [9.17, 15) is 9.90 Å². The van der Waals surface area contributed by atoms with E-state index in [2.05, 4.69) is 0 Å². The standard InChI is InChI=1S/C12H18O2/c13-11-6-5-9-7-8-3-1-2-4-10(8)12(9,11)14/h8-10,14H,1-7H2/t8-,9-,10?,12-/m0/s1. The molecular weight excluding hydrogens is 176 g/mol. The highest BCUT2D eigenvalue weighted by Crippen LogP contribution is 2.56. The minimum absolute atomic E-state index is 0.150. The van der Waals surface area contributed by atoms with Gasteiger partial charge in [0.05, 0.1) is 0 Å². The van der Waals surface area contributed by atoms with Crippen LogP contribution in [0.5, 0.6) is 0 Å². The van der Waals surface area contributed by atoms with E-state index in [1.165, 1.54) is 19.3 Å². The zero-order valence-corrected chi connectivity index (χ0v) is 8.54. The molecule has 3 aliphatic rings. The number of ketones is 1. The topological polar surface area (TPSA) is 37.3 Å². The lowest BCUT2D eigenvalue weighted by atomic mass is 9.74. The molecule has 2 heteroatoms. The highest BCUT2D eigenvalue weighted by molar-refractivity contribution is 5.90. The van der Waals surface area contributed by atoms with Gasteiger partial charge in [0.15, 0.2) is 5.78 Å². The average Bonchev–Trinajstić information content (AvgIpc) is 2.63. The molecule has 0 spiro atoms. The van der Waals surface area contributed by atoms with Crippen LogP contribution in [-0.2, 0) is 4.79 Å². The Morgan fingerprint density at radius 1 is 1.21 bits per heavy atom. The monoisotopic (exact) mass is 194 g/mol. The van der Waals surface area contributed by atoms with Gasteiger partial charge < -0.3 is 5.11 Å². The molecule has 0 saturated heterocycles. The number of carbonyl (C=O) groups is 1. The van der Waals surface area contributed by atoms with Crippen molar-refractivity contribution < 1.29 is 9.90 Å². The molecule has 4 atom stereocenters. The third kappa shape index (κ3) is 0.928. The Hall–Kier alpha value is -0.370. The summed E-state index contributed by atoms with van der Waals surface area (Å²) in [4.78, 5) is 11.8. The van der Waals surface area contributed by atoms with Crippen LogP contribution in [0.25, 0.3) is 0 Å². The molecule has 3 aliphatic carbocycles. The summed E-state index contributed by atoms with van der Waals surface area (Å²) in [6.07, 6.45) is 7.54. The fourth-order valence-electron chi connectivity index (χ4n) is 4.19. The zero-order chi connectivity index (χ0) is 9.76. The minimum atomic E-state index is -0.884. The van der Waals surface area contributed by atoms with Crippen molar-refractivity contribution in [1.82, 2.24) is 0 Å². The van der Waals surface area contributed by atoms with Gasteiger partial charge in [-0.05, 0) is 37.0 Å². The summed E-state index contributed by atoms with van der Waals surface area (Å²) >= 11 is 0. The lowest BCUT2D eigenvalue weighted by Crippen LogP contribution is -2.44. The number of aliphatic hydroxyl groups is 1. The molecule has 1 unspecified atom stereocenters. The van der Waals surface area contributed by atoms with Crippen LogP contribution in [-0.4, -0.2) is 16.5 Å². The van der Waals surface area contributed by atoms with Crippen molar-refractivity contribution >= 4 is 5.78 Å². The van der Waals surface area contributed by atoms with Crippen molar-refractivity contribution in [2.75, 3.05) is 0 Å². The Labute approximate surface area is 84.7 Å². The van der Waals surface area contributed by atoms with Crippen molar-refractivity contribution in [2.45, 2.75) is 50.5 Å². The maximum absolute atomic E-state index is 11.8. The summed E-state index contributed by atoms with van der Waals surface area (Å²) in [5.41, 5.74) is -0.884. The molecule has 0 bridgehead atoms. The van der Waals surface area contributed by atoms with Gasteiger partial charge >= 0.3 is 0 Å². The first-order chi connectivity index (χ1) is 6.73. The van der Waals surface area contributed by atoms with E-state index in [-0.39, 0.29) is 5.78 Å². The van der Waals surface area contributed by atoms with Gasteiger partial charge in [0.2, 0.25) is 0 Å². The number of fused-ring (bicyclic) bond motifs is 3. The van der Waals surface area contributed by atoms with Gasteiger partial charge in [-0.15, -0.1) is 0 Å². The largest absolute Gasteiger partial charge is 0.381 e. The van der Waals surface area contributed by atoms with Crippen LogP contribution in [0.2, 0.25) is 0 Å². The molecule has 3 fully saturated rings. The first-order valence-corrected chi connectivity index (χ1v) is 5.98. The molecule has 78 valence electrons. The predicted molar refractivity (Wildman–Crippen MR) is 52.7 cm³/mol. The SMILES string of the molecule is O=C1CC[C@H]2C[C@@H]3CCCCC3[C@]12O. The highest BCUT2D eigenvalue weighted by atomic mass is 16.3. The molecule has 0 heterocycles. The van der Waals surface area contributed by atoms with Crippen LogP contribution < -0.4 is 0 Å². The second-order valence-electron chi connectivity index (χ2n) is 5.37. The lowest BCUT2D eigenvalue weighted by molar-refractivity contribution is -0.141. The second kappa shape index (κ2) is 2.82. The van der Waals surface area contributed by atoms with Crippen LogP contribution in [0.15, 0.2) is 0 Å². The summed E-state index contributed by atoms with van der Waals surface area (Å²) in [5, 5.41) is 10.5. The quantitative estimate of drug-likeness (QED) is 0.639. The van der Waals surface area contributed by atoms with Crippen molar-refractivity contribution in [1.29, 1.82) is 0 Å². The minimum Gasteiger partial charge on any atom is -0.381 e. The number of hydrogen-bond donors (Lipinski definition) is 1. The molecule has 3 rings (SSSR count). The van der Waals surface area contributed by atoms with Crippen LogP contribution in [0.3, 0.4) is 0 Å².